The SMILES string of the molecule is Cc1cc(C(=O)N(C)Cc2ncn[nH]2)no1. The molecule has 7 heteroatoms. The molecule has 0 aromatic carbocycles. The van der Waals surface area contributed by atoms with E-state index in [0.717, 1.165) is 0 Å². The molecule has 16 heavy (non-hydrogen) atoms. The minimum atomic E-state index is -0.215. The molecule has 2 rings (SSSR count). The third-order valence-corrected chi connectivity index (χ3v) is 2.05. The Hall–Kier alpha value is -2.18. The first-order chi connectivity index (χ1) is 7.66. The van der Waals surface area contributed by atoms with Crippen LogP contribution in [0.15, 0.2) is 16.9 Å². The summed E-state index contributed by atoms with van der Waals surface area (Å²) in [5.41, 5.74) is 0.291. The maximum Gasteiger partial charge on any atom is 0.276 e. The predicted molar refractivity (Wildman–Crippen MR) is 53.4 cm³/mol. The average molecular weight is 221 g/mol. The normalized spacial score (nSPS) is 10.4. The molecule has 2 aromatic heterocycles. The highest BCUT2D eigenvalue weighted by molar-refractivity contribution is 5.91. The number of H-pyrrole nitrogens is 1. The van der Waals surface area contributed by atoms with Crippen molar-refractivity contribution in [2.45, 2.75) is 13.5 Å². The lowest BCUT2D eigenvalue weighted by Gasteiger charge is -2.12. The van der Waals surface area contributed by atoms with E-state index in [0.29, 0.717) is 23.8 Å². The quantitative estimate of drug-likeness (QED) is 0.809. The van der Waals surface area contributed by atoms with Gasteiger partial charge in [0.25, 0.3) is 5.91 Å². The molecule has 2 heterocycles. The Morgan fingerprint density at radius 2 is 2.44 bits per heavy atom. The minimum absolute atomic E-state index is 0.215. The van der Waals surface area contributed by atoms with Gasteiger partial charge < -0.3 is 9.42 Å². The van der Waals surface area contributed by atoms with Crippen LogP contribution in [0.1, 0.15) is 22.1 Å². The molecular weight excluding hydrogens is 210 g/mol. The first-order valence-electron chi connectivity index (χ1n) is 4.70. The lowest BCUT2D eigenvalue weighted by molar-refractivity contribution is 0.0771. The van der Waals surface area contributed by atoms with Crippen LogP contribution in [0.2, 0.25) is 0 Å². The van der Waals surface area contributed by atoms with Crippen LogP contribution in [0.5, 0.6) is 0 Å². The standard InChI is InChI=1S/C9H11N5O2/c1-6-3-7(13-16-6)9(15)14(2)4-8-10-5-11-12-8/h3,5H,4H2,1-2H3,(H,10,11,12). The molecule has 2 aromatic rings. The van der Waals surface area contributed by atoms with Crippen molar-refractivity contribution in [2.75, 3.05) is 7.05 Å². The van der Waals surface area contributed by atoms with Gasteiger partial charge in [0.2, 0.25) is 0 Å². The van der Waals surface area contributed by atoms with Crippen LogP contribution in [0, 0.1) is 6.92 Å². The van der Waals surface area contributed by atoms with Crippen molar-refractivity contribution in [1.29, 1.82) is 0 Å². The summed E-state index contributed by atoms with van der Waals surface area (Å²) in [4.78, 5) is 17.2. The van der Waals surface area contributed by atoms with Gasteiger partial charge >= 0.3 is 0 Å². The second-order valence-electron chi connectivity index (χ2n) is 3.42. The van der Waals surface area contributed by atoms with Crippen LogP contribution >= 0.6 is 0 Å². The molecule has 1 N–H and O–H groups in total. The van der Waals surface area contributed by atoms with E-state index in [2.05, 4.69) is 20.3 Å². The molecule has 0 saturated carbocycles. The summed E-state index contributed by atoms with van der Waals surface area (Å²) in [5, 5.41) is 10.0. The van der Waals surface area contributed by atoms with Gasteiger partial charge in [0.15, 0.2) is 5.69 Å². The van der Waals surface area contributed by atoms with Gasteiger partial charge in [-0.05, 0) is 6.92 Å². The summed E-state index contributed by atoms with van der Waals surface area (Å²) >= 11 is 0. The van der Waals surface area contributed by atoms with Crippen LogP contribution in [0.3, 0.4) is 0 Å². The maximum absolute atomic E-state index is 11.8. The Morgan fingerprint density at radius 3 is 3.00 bits per heavy atom. The largest absolute Gasteiger partial charge is 0.361 e. The zero-order valence-electron chi connectivity index (χ0n) is 8.97. The van der Waals surface area contributed by atoms with Crippen molar-refractivity contribution in [2.24, 2.45) is 0 Å². The van der Waals surface area contributed by atoms with E-state index in [9.17, 15) is 4.79 Å². The Kier molecular flexibility index (Phi) is 2.67. The smallest absolute Gasteiger partial charge is 0.276 e. The monoisotopic (exact) mass is 221 g/mol. The highest BCUT2D eigenvalue weighted by atomic mass is 16.5. The molecule has 0 aliphatic carbocycles. The van der Waals surface area contributed by atoms with Crippen molar-refractivity contribution < 1.29 is 9.32 Å². The lowest BCUT2D eigenvalue weighted by atomic mass is 10.3. The minimum Gasteiger partial charge on any atom is -0.361 e. The molecule has 0 fully saturated rings. The van der Waals surface area contributed by atoms with Gasteiger partial charge in [0.05, 0.1) is 6.54 Å². The zero-order valence-corrected chi connectivity index (χ0v) is 8.97. The lowest BCUT2D eigenvalue weighted by Crippen LogP contribution is -2.27. The number of aryl methyl sites for hydroxylation is 1. The fraction of sp³-hybridized carbons (Fsp3) is 0.333. The van der Waals surface area contributed by atoms with E-state index in [1.807, 2.05) is 0 Å². The summed E-state index contributed by atoms with van der Waals surface area (Å²) < 4.78 is 4.84. The van der Waals surface area contributed by atoms with Gasteiger partial charge in [-0.3, -0.25) is 9.89 Å². The molecule has 84 valence electrons. The molecule has 0 atom stereocenters. The molecule has 0 saturated heterocycles. The molecule has 1 amide bonds. The second-order valence-corrected chi connectivity index (χ2v) is 3.42. The average Bonchev–Trinajstić information content (AvgIpc) is 2.88. The second kappa shape index (κ2) is 4.13. The molecule has 0 unspecified atom stereocenters. The summed E-state index contributed by atoms with van der Waals surface area (Å²) in [6.45, 7) is 2.09. The van der Waals surface area contributed by atoms with Crippen LogP contribution in [0.25, 0.3) is 0 Å². The van der Waals surface area contributed by atoms with Crippen molar-refractivity contribution in [3.63, 3.8) is 0 Å². The third kappa shape index (κ3) is 2.08. The Labute approximate surface area is 91.5 Å². The highest BCUT2D eigenvalue weighted by Gasteiger charge is 2.16. The first kappa shape index (κ1) is 10.3. The number of carbonyl (C=O) groups is 1. The van der Waals surface area contributed by atoms with Gasteiger partial charge in [-0.15, -0.1) is 0 Å². The van der Waals surface area contributed by atoms with Crippen LogP contribution in [-0.4, -0.2) is 38.2 Å². The van der Waals surface area contributed by atoms with Gasteiger partial charge in [-0.25, -0.2) is 4.98 Å². The number of hydrogen-bond acceptors (Lipinski definition) is 5. The Morgan fingerprint density at radius 1 is 1.62 bits per heavy atom. The van der Waals surface area contributed by atoms with Gasteiger partial charge in [-0.2, -0.15) is 5.10 Å². The summed E-state index contributed by atoms with van der Waals surface area (Å²) in [5.74, 6) is 1.01. The Bertz CT molecular complexity index is 476. The first-order valence-corrected chi connectivity index (χ1v) is 4.70. The van der Waals surface area contributed by atoms with Gasteiger partial charge in [-0.1, -0.05) is 5.16 Å². The number of carbonyl (C=O) groups excluding carboxylic acids is 1. The number of hydrogen-bond donors (Lipinski definition) is 1. The summed E-state index contributed by atoms with van der Waals surface area (Å²) in [6, 6.07) is 1.60. The van der Waals surface area contributed by atoms with Crippen LogP contribution in [0.4, 0.5) is 0 Å². The number of amides is 1. The number of nitrogens with zero attached hydrogens (tertiary/aromatic N) is 4. The van der Waals surface area contributed by atoms with Crippen LogP contribution < -0.4 is 0 Å². The predicted octanol–water partition coefficient (Wildman–Crippen LogP) is 0.373. The number of aromatic nitrogens is 4. The summed E-state index contributed by atoms with van der Waals surface area (Å²) in [6.07, 6.45) is 1.40. The highest BCUT2D eigenvalue weighted by Crippen LogP contribution is 2.06. The molecule has 0 bridgehead atoms. The van der Waals surface area contributed by atoms with E-state index in [1.165, 1.54) is 11.2 Å². The molecule has 7 nitrogen and oxygen atoms in total. The topological polar surface area (TPSA) is 87.9 Å². The van der Waals surface area contributed by atoms with Crippen molar-refractivity contribution in [3.8, 4) is 0 Å². The molecule has 0 radical (unpaired) electrons. The molecular formula is C9H11N5O2. The van der Waals surface area contributed by atoms with E-state index in [1.54, 1.807) is 20.0 Å². The van der Waals surface area contributed by atoms with Crippen LogP contribution in [-0.2, 0) is 6.54 Å². The van der Waals surface area contributed by atoms with Crippen molar-refractivity contribution >= 4 is 5.91 Å². The van der Waals surface area contributed by atoms with E-state index in [4.69, 9.17) is 4.52 Å². The number of rotatable bonds is 3. The van der Waals surface area contributed by atoms with Gasteiger partial charge in [0, 0.05) is 13.1 Å². The molecule has 0 aliphatic heterocycles. The Balaban J connectivity index is 2.05. The van der Waals surface area contributed by atoms with E-state index in [-0.39, 0.29) is 5.91 Å². The maximum atomic E-state index is 11.8. The molecule has 0 spiro atoms. The fourth-order valence-electron chi connectivity index (χ4n) is 1.27. The van der Waals surface area contributed by atoms with E-state index >= 15 is 0 Å². The number of nitrogens with one attached hydrogen (secondary N) is 1. The van der Waals surface area contributed by atoms with Crippen molar-refractivity contribution in [3.05, 3.63) is 29.7 Å². The molecule has 0 aliphatic rings. The third-order valence-electron chi connectivity index (χ3n) is 2.05. The number of aromatic amines is 1. The van der Waals surface area contributed by atoms with E-state index < -0.39 is 0 Å². The van der Waals surface area contributed by atoms with Crippen molar-refractivity contribution in [1.82, 2.24) is 25.2 Å². The van der Waals surface area contributed by atoms with Gasteiger partial charge in [0.1, 0.15) is 17.9 Å². The zero-order chi connectivity index (χ0) is 11.5. The summed E-state index contributed by atoms with van der Waals surface area (Å²) in [7, 11) is 1.66. The fourth-order valence-corrected chi connectivity index (χ4v) is 1.27.